The van der Waals surface area contributed by atoms with E-state index in [2.05, 4.69) is 26.6 Å². The largest absolute Gasteiger partial charge is 0.481 e. The van der Waals surface area contributed by atoms with Gasteiger partial charge in [0.2, 0.25) is 0 Å². The van der Waals surface area contributed by atoms with Crippen molar-refractivity contribution in [2.24, 2.45) is 41.2 Å². The maximum atomic E-state index is 14.5. The van der Waals surface area contributed by atoms with E-state index in [-0.39, 0.29) is 84.3 Å². The number of carboxylic acid groups (broad SMARTS) is 5. The van der Waals surface area contributed by atoms with E-state index >= 15 is 0 Å². The van der Waals surface area contributed by atoms with Crippen molar-refractivity contribution in [2.45, 2.75) is 124 Å². The Morgan fingerprint density at radius 1 is 0.379 bits per heavy atom. The van der Waals surface area contributed by atoms with Crippen LogP contribution in [-0.4, -0.2) is 119 Å². The average Bonchev–Trinajstić information content (AvgIpc) is 1.68. The van der Waals surface area contributed by atoms with Crippen molar-refractivity contribution in [1.29, 1.82) is 0 Å². The molecule has 16 rings (SSSR count). The summed E-state index contributed by atoms with van der Waals surface area (Å²) in [6, 6.07) is 55.2. The predicted molar refractivity (Wildman–Crippen MR) is 552 cm³/mol. The summed E-state index contributed by atoms with van der Waals surface area (Å²) in [5, 5.41) is 76.8. The quantitative estimate of drug-likeness (QED) is 0.0253. The highest BCUT2D eigenvalue weighted by Crippen LogP contribution is 2.40. The molecule has 15 aromatic rings. The molecule has 11 N–H and O–H groups in total. The fourth-order valence-electron chi connectivity index (χ4n) is 16.4. The number of aliphatic hydroxyl groups is 1. The lowest BCUT2D eigenvalue weighted by Crippen LogP contribution is -2.41. The number of carbonyl (C=O) groups is 10. The zero-order valence-electron chi connectivity index (χ0n) is 78.8. The number of nitrogens with zero attached hydrogens (tertiary/aromatic N) is 5. The number of amides is 5. The second-order valence-electron chi connectivity index (χ2n) is 35.1. The number of carbonyl (C=O) groups excluding carboxylic acids is 5. The summed E-state index contributed by atoms with van der Waals surface area (Å²) in [4.78, 5) is 119. The molecule has 0 saturated heterocycles. The topological polar surface area (TPSA) is 377 Å². The number of aromatic nitrogens is 5. The molecule has 10 aromatic carbocycles. The van der Waals surface area contributed by atoms with Crippen LogP contribution in [0.3, 0.4) is 0 Å². The minimum atomic E-state index is -1.08. The highest BCUT2D eigenvalue weighted by molar-refractivity contribution is 7.59. The van der Waals surface area contributed by atoms with E-state index in [1.807, 2.05) is 182 Å². The summed E-state index contributed by atoms with van der Waals surface area (Å²) in [7, 11) is 9.06. The van der Waals surface area contributed by atoms with Gasteiger partial charge in [-0.3, -0.25) is 33.6 Å². The number of halogens is 7. The van der Waals surface area contributed by atoms with Gasteiger partial charge >= 0.3 is 29.8 Å². The molecular weight excluding hydrogens is 1930 g/mol. The molecule has 0 spiro atoms. The van der Waals surface area contributed by atoms with E-state index in [4.69, 9.17) is 95.1 Å². The molecule has 1 aliphatic carbocycles. The van der Waals surface area contributed by atoms with Gasteiger partial charge in [0.05, 0.1) is 91.0 Å². The zero-order valence-corrected chi connectivity index (χ0v) is 84.4. The third-order valence-electron chi connectivity index (χ3n) is 24.9. The second-order valence-corrected chi connectivity index (χ2v) is 37.4. The molecule has 5 amide bonds. The number of aliphatic hydroxyl groups excluding tert-OH is 1. The Bertz CT molecular complexity index is 7370. The number of aryl methyl sites for hydroxylation is 10. The van der Waals surface area contributed by atoms with Gasteiger partial charge in [-0.25, -0.2) is 18.8 Å². The van der Waals surface area contributed by atoms with Gasteiger partial charge < -0.3 is 80.1 Å². The van der Waals surface area contributed by atoms with Gasteiger partial charge in [-0.05, 0) is 239 Å². The first-order chi connectivity index (χ1) is 65.7. The monoisotopic (exact) mass is 2030 g/mol. The van der Waals surface area contributed by atoms with Gasteiger partial charge in [-0.1, -0.05) is 180 Å². The number of carboxylic acids is 5. The number of hydrogen-bond donors (Lipinski definition) is 11. The maximum absolute atomic E-state index is 14.5. The Labute approximate surface area is 843 Å². The normalized spacial score (nSPS) is 12.5. The first-order valence-corrected chi connectivity index (χ1v) is 46.3. The fourth-order valence-corrected chi connectivity index (χ4v) is 17.8. The highest BCUT2D eigenvalue weighted by atomic mass is 35.5. The van der Waals surface area contributed by atoms with Gasteiger partial charge in [0, 0.05) is 100 Å². The molecule has 1 saturated carbocycles. The number of nitrogens with one attached hydrogen (secondary N) is 5. The molecule has 5 heterocycles. The summed E-state index contributed by atoms with van der Waals surface area (Å²) < 4.78 is 23.4. The molecule has 0 radical (unpaired) electrons. The number of aliphatic carboxylic acids is 2. The van der Waals surface area contributed by atoms with Crippen molar-refractivity contribution in [3.63, 3.8) is 0 Å². The molecule has 3 unspecified atom stereocenters. The lowest BCUT2D eigenvalue weighted by Gasteiger charge is -2.27. The molecule has 730 valence electrons. The van der Waals surface area contributed by atoms with Crippen LogP contribution in [0.15, 0.2) is 200 Å². The summed E-state index contributed by atoms with van der Waals surface area (Å²) in [6.07, 6.45) is 2.85. The van der Waals surface area contributed by atoms with Crippen molar-refractivity contribution < 1.29 is 83.0 Å². The third kappa shape index (κ3) is 24.3. The molecule has 26 nitrogen and oxygen atoms in total. The van der Waals surface area contributed by atoms with E-state index in [0.717, 1.165) is 117 Å². The minimum Gasteiger partial charge on any atom is -0.481 e. The number of hydrogen-bond acceptors (Lipinski definition) is 11. The predicted octanol–water partition coefficient (Wildman–Crippen LogP) is 22.3. The molecular formula is C106H105Cl6FN10O16S. The average molecular weight is 2040 g/mol. The van der Waals surface area contributed by atoms with Crippen LogP contribution in [0.4, 0.5) is 4.39 Å². The summed E-state index contributed by atoms with van der Waals surface area (Å²) in [5.74, 6) is -6.37. The maximum Gasteiger partial charge on any atom is 0.335 e. The SMILES string of the molecule is Cc1ccc2c(cc(C(=O)NC(C)(C)c3ccc(C(=O)O)cc3)n2C)c1Cl.Cc1ccc2c(cc(C(=O)NC(C)c3ccc(C(=O)O)cc3Cl)n2C)c1Cl.Cc1ccc2c(cc(C(=O)NC(C)c3ccc(CC(=O)O)cc3)n2C)c1Cl.Cc1ccc2c(cc(C(=O)NC(CC3CC3)c3ccc(C(=O)O)cc3)n2C)c1Cl.Cc1ccc2c(cc(C(=O)N[C@H](CO)c3ccc(CC(=O)O)cc3F)n2C)c1Cl.S. The van der Waals surface area contributed by atoms with Crippen molar-refractivity contribution >= 4 is 197 Å². The Hall–Kier alpha value is -13.4. The molecule has 1 fully saturated rings. The van der Waals surface area contributed by atoms with Gasteiger partial charge in [0.25, 0.3) is 29.5 Å². The van der Waals surface area contributed by atoms with E-state index in [9.17, 15) is 57.4 Å². The van der Waals surface area contributed by atoms with Crippen molar-refractivity contribution in [2.75, 3.05) is 6.61 Å². The molecule has 4 atom stereocenters. The van der Waals surface area contributed by atoms with Crippen molar-refractivity contribution in [3.8, 4) is 0 Å². The molecule has 5 aromatic heterocycles. The van der Waals surface area contributed by atoms with Crippen LogP contribution < -0.4 is 26.6 Å². The van der Waals surface area contributed by atoms with Crippen LogP contribution in [0.1, 0.15) is 221 Å². The standard InChI is InChI=1S/C23H23ClN2O3.C21H20ClFN2O4.2C21H21ClN2O3.C20H18Cl2N2O3.H2S/c1-13-3-10-19-17(21(13)24)12-20(26(19)2)22(27)25-18(11-14-4-5-14)15-6-8-16(9-7-15)23(28)29;1-11-3-6-17-14(20(11)22)9-18(25(17)2)21(29)24-16(10-26)13-5-4-12(7-15(13)23)8-19(27)28;1-12-5-10-16-15(18(12)22)11-17(24(16)4)19(25)23-21(2,3)14-8-6-13(7-9-14)20(26)27;1-12-4-9-17-16(20(12)22)11-18(24(17)3)21(27)23-13(2)15-7-5-14(6-8-15)10-19(25)26;1-10-4-7-16-14(18(10)22)9-17(24(16)3)19(25)23-11(2)13-6-5-12(20(26)27)8-15(13)21;/h3,6-10,12,14,18H,4-5,11H2,1-2H3,(H,25,27)(H,28,29);3-7,9,16,26H,8,10H2,1-2H3,(H,24,29)(H,27,28);5-11H,1-4H3,(H,23,25)(H,26,27);4-9,11,13H,10H2,1-3H3,(H,23,27)(H,25,26);4-9,11H,1-3H3,(H,23,25)(H,26,27);1H2/t;16-;;;;/m.1..../s1. The molecule has 0 aliphatic heterocycles. The minimum absolute atomic E-state index is 0. The summed E-state index contributed by atoms with van der Waals surface area (Å²) in [5.41, 5.74) is 15.7. The van der Waals surface area contributed by atoms with Crippen LogP contribution in [0.25, 0.3) is 54.5 Å². The van der Waals surface area contributed by atoms with Crippen LogP contribution >= 0.6 is 83.1 Å². The van der Waals surface area contributed by atoms with E-state index in [1.165, 1.54) is 49.2 Å². The van der Waals surface area contributed by atoms with Crippen LogP contribution in [0.2, 0.25) is 30.1 Å². The Morgan fingerprint density at radius 3 is 1.04 bits per heavy atom. The fraction of sp³-hybridized carbons (Fsp3) is 0.245. The smallest absolute Gasteiger partial charge is 0.335 e. The lowest BCUT2D eigenvalue weighted by atomic mass is 9.93. The molecule has 140 heavy (non-hydrogen) atoms. The first-order valence-electron chi connectivity index (χ1n) is 44.1. The molecule has 34 heteroatoms. The number of aromatic carboxylic acids is 3. The van der Waals surface area contributed by atoms with Gasteiger partial charge in [-0.15, -0.1) is 0 Å². The number of fused-ring (bicyclic) bond motifs is 5. The number of rotatable bonds is 25. The highest BCUT2D eigenvalue weighted by Gasteiger charge is 2.32. The Morgan fingerprint density at radius 2 is 0.693 bits per heavy atom. The van der Waals surface area contributed by atoms with Gasteiger partial charge in [0.1, 0.15) is 34.3 Å². The Kier molecular flexibility index (Phi) is 34.6. The van der Waals surface area contributed by atoms with Crippen LogP contribution in [-0.2, 0) is 63.2 Å². The van der Waals surface area contributed by atoms with E-state index in [0.29, 0.717) is 75.7 Å². The van der Waals surface area contributed by atoms with Crippen molar-refractivity contribution in [1.82, 2.24) is 49.4 Å². The molecule has 0 bridgehead atoms. The summed E-state index contributed by atoms with van der Waals surface area (Å²) in [6.45, 7) is 16.5. The van der Waals surface area contributed by atoms with E-state index < -0.39 is 65.8 Å². The summed E-state index contributed by atoms with van der Waals surface area (Å²) >= 11 is 38.1. The van der Waals surface area contributed by atoms with E-state index in [1.54, 1.807) is 95.9 Å². The zero-order chi connectivity index (χ0) is 102. The lowest BCUT2D eigenvalue weighted by molar-refractivity contribution is -0.137. The van der Waals surface area contributed by atoms with Crippen LogP contribution in [0, 0.1) is 46.4 Å². The third-order valence-corrected chi connectivity index (χ3v) is 27.7. The number of benzene rings is 10. The van der Waals surface area contributed by atoms with Gasteiger partial charge in [0.15, 0.2) is 0 Å². The Balaban J connectivity index is 0.000000167. The molecule has 1 aliphatic rings. The van der Waals surface area contributed by atoms with Gasteiger partial charge in [-0.2, -0.15) is 13.5 Å². The van der Waals surface area contributed by atoms with Crippen molar-refractivity contribution in [3.05, 3.63) is 348 Å². The first kappa shape index (κ1) is 107. The second kappa shape index (κ2) is 45.2. The van der Waals surface area contributed by atoms with Crippen LogP contribution in [0.5, 0.6) is 0 Å².